The number of ketones is 1. The topological polar surface area (TPSA) is 29.1 Å². The van der Waals surface area contributed by atoms with Crippen molar-refractivity contribution in [3.05, 3.63) is 54.2 Å². The summed E-state index contributed by atoms with van der Waals surface area (Å²) < 4.78 is 24.3. The predicted octanol–water partition coefficient (Wildman–Crippen LogP) is 3.99. The Morgan fingerprint density at radius 2 is 1.84 bits per heavy atom. The van der Waals surface area contributed by atoms with Crippen molar-refractivity contribution >= 4 is 22.2 Å². The first-order chi connectivity index (χ1) is 9.08. The van der Waals surface area contributed by atoms with E-state index in [2.05, 4.69) is 5.32 Å². The fraction of sp³-hybridized carbons (Fsp3) is 0.133. The van der Waals surface area contributed by atoms with E-state index in [0.29, 0.717) is 5.70 Å². The molecule has 0 aliphatic rings. The van der Waals surface area contributed by atoms with Gasteiger partial charge in [0.15, 0.2) is 0 Å². The molecule has 0 saturated carbocycles. The molecule has 2 rings (SSSR count). The normalized spacial score (nSPS) is 11.9. The number of rotatable bonds is 4. The molecule has 0 fully saturated rings. The zero-order valence-corrected chi connectivity index (χ0v) is 10.4. The first kappa shape index (κ1) is 13.2. The third-order valence-electron chi connectivity index (χ3n) is 2.70. The van der Waals surface area contributed by atoms with Crippen LogP contribution in [0.1, 0.15) is 6.92 Å². The Bertz CT molecular complexity index is 630. The van der Waals surface area contributed by atoms with Gasteiger partial charge in [-0.15, -0.1) is 0 Å². The van der Waals surface area contributed by atoms with E-state index in [1.54, 1.807) is 6.92 Å². The Labute approximate surface area is 109 Å². The molecule has 0 heterocycles. The number of allylic oxidation sites excluding steroid dienone is 2. The summed E-state index contributed by atoms with van der Waals surface area (Å²) in [5, 5.41) is 4.99. The average Bonchev–Trinajstić information content (AvgIpc) is 2.39. The number of carbonyl (C=O) groups is 1. The van der Waals surface area contributed by atoms with Crippen LogP contribution in [0.3, 0.4) is 0 Å². The van der Waals surface area contributed by atoms with Crippen LogP contribution in [0.4, 0.5) is 14.5 Å². The highest BCUT2D eigenvalue weighted by molar-refractivity contribution is 5.96. The lowest BCUT2D eigenvalue weighted by atomic mass is 10.1. The molecule has 0 radical (unpaired) electrons. The molecule has 0 amide bonds. The SMILES string of the molecule is CC(=CC(=O)C(F)F)Nc1cccc2ccccc12. The lowest BCUT2D eigenvalue weighted by Gasteiger charge is -2.09. The molecule has 0 aliphatic heterocycles. The van der Waals surface area contributed by atoms with E-state index >= 15 is 0 Å². The molecular weight excluding hydrogens is 248 g/mol. The monoisotopic (exact) mass is 261 g/mol. The molecule has 19 heavy (non-hydrogen) atoms. The predicted molar refractivity (Wildman–Crippen MR) is 72.3 cm³/mol. The summed E-state index contributed by atoms with van der Waals surface area (Å²) in [6.07, 6.45) is -2.05. The Morgan fingerprint density at radius 1 is 1.16 bits per heavy atom. The molecule has 0 bridgehead atoms. The van der Waals surface area contributed by atoms with E-state index in [-0.39, 0.29) is 0 Å². The van der Waals surface area contributed by atoms with E-state index in [1.807, 2.05) is 42.5 Å². The van der Waals surface area contributed by atoms with Gasteiger partial charge in [-0.25, -0.2) is 8.78 Å². The molecule has 0 aliphatic carbocycles. The van der Waals surface area contributed by atoms with Crippen LogP contribution in [0.5, 0.6) is 0 Å². The third kappa shape index (κ3) is 3.16. The van der Waals surface area contributed by atoms with Crippen molar-refractivity contribution in [2.45, 2.75) is 13.3 Å². The first-order valence-electron chi connectivity index (χ1n) is 5.83. The summed E-state index contributed by atoms with van der Waals surface area (Å²) in [5.74, 6) is -1.19. The summed E-state index contributed by atoms with van der Waals surface area (Å²) in [4.78, 5) is 10.9. The van der Waals surface area contributed by atoms with E-state index in [4.69, 9.17) is 0 Å². The number of hydrogen-bond acceptors (Lipinski definition) is 2. The lowest BCUT2D eigenvalue weighted by Crippen LogP contribution is -2.08. The standard InChI is InChI=1S/C15H13F2NO/c1-10(9-14(19)15(16)17)18-13-8-4-6-11-5-2-3-7-12(11)13/h2-9,15,18H,1H3. The molecule has 2 nitrogen and oxygen atoms in total. The van der Waals surface area contributed by atoms with Gasteiger partial charge in [-0.05, 0) is 18.4 Å². The fourth-order valence-electron chi connectivity index (χ4n) is 1.86. The van der Waals surface area contributed by atoms with Crippen LogP contribution in [0.15, 0.2) is 54.2 Å². The molecule has 98 valence electrons. The van der Waals surface area contributed by atoms with Crippen molar-refractivity contribution in [3.63, 3.8) is 0 Å². The molecule has 4 heteroatoms. The molecule has 1 N–H and O–H groups in total. The van der Waals surface area contributed by atoms with Crippen LogP contribution < -0.4 is 5.32 Å². The molecule has 0 saturated heterocycles. The number of alkyl halides is 2. The van der Waals surface area contributed by atoms with Gasteiger partial charge in [-0.1, -0.05) is 36.4 Å². The van der Waals surface area contributed by atoms with Crippen molar-refractivity contribution in [2.75, 3.05) is 5.32 Å². The second kappa shape index (κ2) is 5.61. The van der Waals surface area contributed by atoms with E-state index < -0.39 is 12.2 Å². The molecule has 0 spiro atoms. The molecule has 2 aromatic carbocycles. The molecular formula is C15H13F2NO. The molecule has 2 aromatic rings. The Hall–Kier alpha value is -2.23. The summed E-state index contributed by atoms with van der Waals surface area (Å²) in [7, 11) is 0. The maximum absolute atomic E-state index is 12.2. The minimum absolute atomic E-state index is 0.390. The van der Waals surface area contributed by atoms with Gasteiger partial charge in [-0.3, -0.25) is 4.79 Å². The summed E-state index contributed by atoms with van der Waals surface area (Å²) in [5.41, 5.74) is 1.18. The molecule has 0 unspecified atom stereocenters. The Morgan fingerprint density at radius 3 is 2.58 bits per heavy atom. The number of benzene rings is 2. The van der Waals surface area contributed by atoms with Crippen LogP contribution in [-0.4, -0.2) is 12.2 Å². The maximum atomic E-state index is 12.2. The van der Waals surface area contributed by atoms with Crippen molar-refractivity contribution in [3.8, 4) is 0 Å². The van der Waals surface area contributed by atoms with Crippen LogP contribution in [0.2, 0.25) is 0 Å². The second-order valence-electron chi connectivity index (χ2n) is 4.18. The Balaban J connectivity index is 2.29. The Kier molecular flexibility index (Phi) is 3.90. The summed E-state index contributed by atoms with van der Waals surface area (Å²) in [6, 6.07) is 13.4. The van der Waals surface area contributed by atoms with Gasteiger partial charge in [0.05, 0.1) is 0 Å². The first-order valence-corrected chi connectivity index (χ1v) is 5.83. The van der Waals surface area contributed by atoms with Crippen molar-refractivity contribution < 1.29 is 13.6 Å². The van der Waals surface area contributed by atoms with Crippen LogP contribution in [0, 0.1) is 0 Å². The van der Waals surface area contributed by atoms with Gasteiger partial charge in [0, 0.05) is 22.8 Å². The number of carbonyl (C=O) groups excluding carboxylic acids is 1. The maximum Gasteiger partial charge on any atom is 0.299 e. The number of hydrogen-bond donors (Lipinski definition) is 1. The van der Waals surface area contributed by atoms with Gasteiger partial charge < -0.3 is 5.32 Å². The highest BCUT2D eigenvalue weighted by Crippen LogP contribution is 2.24. The van der Waals surface area contributed by atoms with Crippen molar-refractivity contribution in [2.24, 2.45) is 0 Å². The third-order valence-corrected chi connectivity index (χ3v) is 2.70. The second-order valence-corrected chi connectivity index (χ2v) is 4.18. The highest BCUT2D eigenvalue weighted by atomic mass is 19.3. The van der Waals surface area contributed by atoms with Gasteiger partial charge >= 0.3 is 0 Å². The van der Waals surface area contributed by atoms with Gasteiger partial charge in [0.2, 0.25) is 5.78 Å². The largest absolute Gasteiger partial charge is 0.359 e. The molecule has 0 aromatic heterocycles. The number of nitrogens with one attached hydrogen (secondary N) is 1. The number of halogens is 2. The smallest absolute Gasteiger partial charge is 0.299 e. The van der Waals surface area contributed by atoms with Gasteiger partial charge in [-0.2, -0.15) is 0 Å². The van der Waals surface area contributed by atoms with Crippen LogP contribution in [0.25, 0.3) is 10.8 Å². The zero-order valence-electron chi connectivity index (χ0n) is 10.4. The minimum Gasteiger partial charge on any atom is -0.359 e. The van der Waals surface area contributed by atoms with E-state index in [9.17, 15) is 13.6 Å². The van der Waals surface area contributed by atoms with Crippen LogP contribution >= 0.6 is 0 Å². The van der Waals surface area contributed by atoms with Crippen molar-refractivity contribution in [1.82, 2.24) is 0 Å². The van der Waals surface area contributed by atoms with Crippen LogP contribution in [-0.2, 0) is 4.79 Å². The lowest BCUT2D eigenvalue weighted by molar-refractivity contribution is -0.124. The van der Waals surface area contributed by atoms with Gasteiger partial charge in [0.25, 0.3) is 6.43 Å². The minimum atomic E-state index is -2.97. The zero-order chi connectivity index (χ0) is 13.8. The molecule has 0 atom stereocenters. The number of anilines is 1. The fourth-order valence-corrected chi connectivity index (χ4v) is 1.86. The summed E-state index contributed by atoms with van der Waals surface area (Å²) >= 11 is 0. The average molecular weight is 261 g/mol. The van der Waals surface area contributed by atoms with Crippen molar-refractivity contribution in [1.29, 1.82) is 0 Å². The number of fused-ring (bicyclic) bond motifs is 1. The van der Waals surface area contributed by atoms with E-state index in [1.165, 1.54) is 0 Å². The quantitative estimate of drug-likeness (QED) is 0.843. The van der Waals surface area contributed by atoms with Gasteiger partial charge in [0.1, 0.15) is 0 Å². The highest BCUT2D eigenvalue weighted by Gasteiger charge is 2.12. The van der Waals surface area contributed by atoms with E-state index in [0.717, 1.165) is 22.5 Å². The summed E-state index contributed by atoms with van der Waals surface area (Å²) in [6.45, 7) is 1.59.